The second-order valence-corrected chi connectivity index (χ2v) is 9.18. The number of amides is 1. The van der Waals surface area contributed by atoms with E-state index >= 15 is 0 Å². The van der Waals surface area contributed by atoms with Gasteiger partial charge < -0.3 is 14.7 Å². The van der Waals surface area contributed by atoms with E-state index in [1.807, 2.05) is 12.1 Å². The molecule has 0 aliphatic heterocycles. The second-order valence-electron chi connectivity index (χ2n) is 9.18. The van der Waals surface area contributed by atoms with Gasteiger partial charge in [0.25, 0.3) is 0 Å². The summed E-state index contributed by atoms with van der Waals surface area (Å²) >= 11 is 0. The van der Waals surface area contributed by atoms with Gasteiger partial charge in [-0.3, -0.25) is 9.59 Å². The van der Waals surface area contributed by atoms with Crippen LogP contribution >= 0.6 is 0 Å². The molecule has 5 nitrogen and oxygen atoms in total. The van der Waals surface area contributed by atoms with E-state index < -0.39 is 0 Å². The molecule has 1 aromatic carbocycles. The van der Waals surface area contributed by atoms with Gasteiger partial charge in [0.05, 0.1) is 13.5 Å². The van der Waals surface area contributed by atoms with E-state index in [9.17, 15) is 14.7 Å². The minimum atomic E-state index is -0.321. The lowest BCUT2D eigenvalue weighted by Gasteiger charge is -2.28. The van der Waals surface area contributed by atoms with Crippen molar-refractivity contribution in [2.45, 2.75) is 71.6 Å². The molecule has 0 heterocycles. The monoisotopic (exact) mass is 377 g/mol. The molecule has 0 saturated carbocycles. The number of carbonyl (C=O) groups is 2. The van der Waals surface area contributed by atoms with Crippen molar-refractivity contribution in [1.29, 1.82) is 0 Å². The summed E-state index contributed by atoms with van der Waals surface area (Å²) in [6.07, 6.45) is 1.14. The van der Waals surface area contributed by atoms with Gasteiger partial charge in [0.15, 0.2) is 0 Å². The van der Waals surface area contributed by atoms with Crippen molar-refractivity contribution in [2.75, 3.05) is 20.7 Å². The molecule has 1 N–H and O–H groups in total. The fourth-order valence-electron chi connectivity index (χ4n) is 2.91. The van der Waals surface area contributed by atoms with Crippen molar-refractivity contribution >= 4 is 11.9 Å². The summed E-state index contributed by atoms with van der Waals surface area (Å²) in [6, 6.07) is 4.01. The molecule has 1 amide bonds. The van der Waals surface area contributed by atoms with Crippen LogP contribution in [0.1, 0.15) is 71.1 Å². The van der Waals surface area contributed by atoms with Crippen molar-refractivity contribution in [3.05, 3.63) is 28.8 Å². The smallest absolute Gasteiger partial charge is 0.307 e. The van der Waals surface area contributed by atoms with Crippen LogP contribution in [0.2, 0.25) is 0 Å². The van der Waals surface area contributed by atoms with E-state index in [4.69, 9.17) is 0 Å². The van der Waals surface area contributed by atoms with Crippen molar-refractivity contribution in [1.82, 2.24) is 4.90 Å². The van der Waals surface area contributed by atoms with Crippen LogP contribution in [0.5, 0.6) is 5.75 Å². The molecule has 0 saturated heterocycles. The van der Waals surface area contributed by atoms with E-state index in [-0.39, 0.29) is 29.1 Å². The van der Waals surface area contributed by atoms with Crippen molar-refractivity contribution in [2.24, 2.45) is 0 Å². The molecule has 0 aliphatic rings. The third-order valence-corrected chi connectivity index (χ3v) is 4.72. The lowest BCUT2D eigenvalue weighted by molar-refractivity contribution is -0.141. The Kier molecular flexibility index (Phi) is 7.47. The Balaban J connectivity index is 2.97. The van der Waals surface area contributed by atoms with Crippen LogP contribution in [0, 0.1) is 0 Å². The third kappa shape index (κ3) is 6.56. The van der Waals surface area contributed by atoms with Crippen molar-refractivity contribution in [3.63, 3.8) is 0 Å². The topological polar surface area (TPSA) is 66.8 Å². The number of benzene rings is 1. The highest BCUT2D eigenvalue weighted by Gasteiger charge is 2.26. The Bertz CT molecular complexity index is 646. The third-order valence-electron chi connectivity index (χ3n) is 4.72. The minimum Gasteiger partial charge on any atom is -0.507 e. The van der Waals surface area contributed by atoms with Gasteiger partial charge in [0.1, 0.15) is 5.75 Å². The normalized spacial score (nSPS) is 12.0. The van der Waals surface area contributed by atoms with Gasteiger partial charge in [-0.05, 0) is 33.9 Å². The summed E-state index contributed by atoms with van der Waals surface area (Å²) in [5, 5.41) is 10.8. The zero-order valence-corrected chi connectivity index (χ0v) is 18.1. The number of esters is 1. The molecule has 152 valence electrons. The van der Waals surface area contributed by atoms with Gasteiger partial charge >= 0.3 is 5.97 Å². The number of nitrogens with zero attached hydrogens (tertiary/aromatic N) is 1. The van der Waals surface area contributed by atoms with E-state index in [2.05, 4.69) is 46.3 Å². The van der Waals surface area contributed by atoms with Crippen LogP contribution in [0.15, 0.2) is 12.1 Å². The zero-order chi connectivity index (χ0) is 21.0. The van der Waals surface area contributed by atoms with Gasteiger partial charge in [0, 0.05) is 20.0 Å². The fraction of sp³-hybridized carbons (Fsp3) is 0.636. The Hall–Kier alpha value is -2.04. The molecule has 1 aromatic rings. The summed E-state index contributed by atoms with van der Waals surface area (Å²) in [6.45, 7) is 12.8. The molecule has 1 rings (SSSR count). The molecule has 0 atom stereocenters. The Morgan fingerprint density at radius 3 is 1.89 bits per heavy atom. The predicted octanol–water partition coefficient (Wildman–Crippen LogP) is 3.94. The largest absolute Gasteiger partial charge is 0.507 e. The molecule has 0 unspecified atom stereocenters. The number of aromatic hydroxyl groups is 1. The van der Waals surface area contributed by atoms with E-state index in [0.29, 0.717) is 25.1 Å². The summed E-state index contributed by atoms with van der Waals surface area (Å²) in [4.78, 5) is 25.2. The van der Waals surface area contributed by atoms with Gasteiger partial charge in [0.2, 0.25) is 5.91 Å². The maximum atomic E-state index is 12.4. The zero-order valence-electron chi connectivity index (χ0n) is 18.1. The van der Waals surface area contributed by atoms with Crippen molar-refractivity contribution in [3.8, 4) is 5.75 Å². The highest BCUT2D eigenvalue weighted by atomic mass is 16.5. The molecule has 0 bridgehead atoms. The molecule has 5 heteroatoms. The number of phenols is 1. The Morgan fingerprint density at radius 1 is 1.00 bits per heavy atom. The molecule has 0 radical (unpaired) electrons. The molecule has 0 fully saturated rings. The molecule has 0 aliphatic carbocycles. The van der Waals surface area contributed by atoms with Crippen LogP contribution in [0.4, 0.5) is 0 Å². The molecular weight excluding hydrogens is 342 g/mol. The van der Waals surface area contributed by atoms with Crippen LogP contribution in [-0.4, -0.2) is 42.6 Å². The minimum absolute atomic E-state index is 0.0124. The number of ether oxygens (including phenoxy) is 1. The number of phenolic OH excluding ortho intramolecular Hbond substituents is 1. The standard InChI is InChI=1S/C22H35NO4/c1-21(2,3)16-13-15(14-17(20(16)26)22(4,5)6)9-10-18(24)23(7)12-11-19(25)27-8/h13-14,26H,9-12H2,1-8H3. The SMILES string of the molecule is COC(=O)CCN(C)C(=O)CCc1cc(C(C)(C)C)c(O)c(C(C)(C)C)c1. The summed E-state index contributed by atoms with van der Waals surface area (Å²) in [5.41, 5.74) is 2.45. The Labute approximate surface area is 163 Å². The van der Waals surface area contributed by atoms with Crippen LogP contribution in [0.3, 0.4) is 0 Å². The Morgan fingerprint density at radius 2 is 1.48 bits per heavy atom. The van der Waals surface area contributed by atoms with Crippen LogP contribution < -0.4 is 0 Å². The number of rotatable bonds is 6. The van der Waals surface area contributed by atoms with Gasteiger partial charge in [-0.15, -0.1) is 0 Å². The summed E-state index contributed by atoms with van der Waals surface area (Å²) in [7, 11) is 3.04. The van der Waals surface area contributed by atoms with E-state index in [1.54, 1.807) is 11.9 Å². The maximum Gasteiger partial charge on any atom is 0.307 e. The first-order chi connectivity index (χ1) is 12.3. The summed E-state index contributed by atoms with van der Waals surface area (Å²) < 4.78 is 4.61. The van der Waals surface area contributed by atoms with Gasteiger partial charge in [-0.25, -0.2) is 0 Å². The van der Waals surface area contributed by atoms with Crippen LogP contribution in [0.25, 0.3) is 0 Å². The highest BCUT2D eigenvalue weighted by Crippen LogP contribution is 2.39. The number of aryl methyl sites for hydroxylation is 1. The lowest BCUT2D eigenvalue weighted by atomic mass is 9.78. The number of methoxy groups -OCH3 is 1. The predicted molar refractivity (Wildman–Crippen MR) is 108 cm³/mol. The number of carbonyl (C=O) groups excluding carboxylic acids is 2. The average Bonchev–Trinajstić information content (AvgIpc) is 2.55. The van der Waals surface area contributed by atoms with E-state index in [0.717, 1.165) is 16.7 Å². The first-order valence-corrected chi connectivity index (χ1v) is 9.45. The maximum absolute atomic E-state index is 12.4. The first-order valence-electron chi connectivity index (χ1n) is 9.45. The molecule has 27 heavy (non-hydrogen) atoms. The molecule has 0 aromatic heterocycles. The fourth-order valence-corrected chi connectivity index (χ4v) is 2.91. The van der Waals surface area contributed by atoms with E-state index in [1.165, 1.54) is 7.11 Å². The quantitative estimate of drug-likeness (QED) is 0.763. The number of hydrogen-bond acceptors (Lipinski definition) is 4. The molecular formula is C22H35NO4. The summed E-state index contributed by atoms with van der Waals surface area (Å²) in [5.74, 6) is 0.0136. The van der Waals surface area contributed by atoms with Crippen molar-refractivity contribution < 1.29 is 19.4 Å². The second kappa shape index (κ2) is 8.77. The van der Waals surface area contributed by atoms with Gasteiger partial charge in [-0.2, -0.15) is 0 Å². The number of hydrogen-bond donors (Lipinski definition) is 1. The van der Waals surface area contributed by atoms with Crippen LogP contribution in [-0.2, 0) is 31.6 Å². The van der Waals surface area contributed by atoms with Gasteiger partial charge in [-0.1, -0.05) is 53.7 Å². The highest BCUT2D eigenvalue weighted by molar-refractivity contribution is 5.77. The lowest BCUT2D eigenvalue weighted by Crippen LogP contribution is -2.29. The first kappa shape index (κ1) is 23.0. The molecule has 0 spiro atoms. The average molecular weight is 378 g/mol.